The molecule has 5 nitrogen and oxygen atoms in total. The lowest BCUT2D eigenvalue weighted by Gasteiger charge is -2.21. The molecule has 0 fully saturated rings. The molecule has 1 heterocycles. The van der Waals surface area contributed by atoms with E-state index >= 15 is 0 Å². The minimum absolute atomic E-state index is 0.0371. The van der Waals surface area contributed by atoms with Crippen LogP contribution >= 0.6 is 11.5 Å². The number of hydrogen-bond donors (Lipinski definition) is 1. The fourth-order valence-electron chi connectivity index (χ4n) is 2.77. The lowest BCUT2D eigenvalue weighted by molar-refractivity contribution is -0.119. The maximum atomic E-state index is 13.1. The Morgan fingerprint density at radius 1 is 1.10 bits per heavy atom. The van der Waals surface area contributed by atoms with E-state index in [-0.39, 0.29) is 18.3 Å². The van der Waals surface area contributed by atoms with E-state index in [1.165, 1.54) is 23.7 Å². The summed E-state index contributed by atoms with van der Waals surface area (Å²) in [6, 6.07) is 16.3. The number of benzene rings is 2. The Balaban J connectivity index is 1.73. The number of hydrogen-bond acceptors (Lipinski definition) is 5. The summed E-state index contributed by atoms with van der Waals surface area (Å²) in [7, 11) is 0. The van der Waals surface area contributed by atoms with Crippen molar-refractivity contribution in [1.82, 2.24) is 14.7 Å². The Morgan fingerprint density at radius 3 is 2.52 bits per heavy atom. The summed E-state index contributed by atoms with van der Waals surface area (Å²) in [5, 5.41) is 3.66. The van der Waals surface area contributed by atoms with E-state index in [2.05, 4.69) is 28.5 Å². The Labute approximate surface area is 174 Å². The minimum atomic E-state index is -0.262. The molecule has 7 heteroatoms. The average molecular weight is 413 g/mol. The first-order chi connectivity index (χ1) is 14.0. The van der Waals surface area contributed by atoms with Gasteiger partial charge in [0.15, 0.2) is 0 Å². The molecular weight excluding hydrogens is 387 g/mol. The molecule has 0 bridgehead atoms. The van der Waals surface area contributed by atoms with Crippen molar-refractivity contribution in [3.63, 3.8) is 0 Å². The lowest BCUT2D eigenvalue weighted by Crippen LogP contribution is -2.38. The summed E-state index contributed by atoms with van der Waals surface area (Å²) in [6.07, 6.45) is 0.523. The number of aromatic nitrogens is 2. The van der Waals surface area contributed by atoms with E-state index in [4.69, 9.17) is 0 Å². The predicted octanol–water partition coefficient (Wildman–Crippen LogP) is 4.05. The predicted molar refractivity (Wildman–Crippen MR) is 114 cm³/mol. The molecular formula is C22H25FN4OS. The third-order valence-electron chi connectivity index (χ3n) is 4.26. The molecule has 0 unspecified atom stereocenters. The van der Waals surface area contributed by atoms with Crippen molar-refractivity contribution in [3.8, 4) is 0 Å². The highest BCUT2D eigenvalue weighted by Crippen LogP contribution is 2.21. The van der Waals surface area contributed by atoms with Gasteiger partial charge in [-0.2, -0.15) is 4.37 Å². The van der Waals surface area contributed by atoms with Gasteiger partial charge in [0.05, 0.1) is 6.54 Å². The van der Waals surface area contributed by atoms with Crippen LogP contribution in [0.25, 0.3) is 0 Å². The van der Waals surface area contributed by atoms with Gasteiger partial charge in [-0.3, -0.25) is 4.79 Å². The first kappa shape index (κ1) is 20.9. The molecule has 152 valence electrons. The Kier molecular flexibility index (Phi) is 7.30. The van der Waals surface area contributed by atoms with Crippen molar-refractivity contribution in [3.05, 3.63) is 77.4 Å². The molecule has 0 saturated heterocycles. The molecule has 3 rings (SSSR count). The number of nitrogens with zero attached hydrogens (tertiary/aromatic N) is 3. The Hall–Kier alpha value is -2.80. The van der Waals surface area contributed by atoms with Crippen LogP contribution in [0.1, 0.15) is 30.8 Å². The standard InChI is InChI=1S/C22H25FN4OS/c1-16(2)13-24-21(28)15-27(14-18-6-4-3-5-7-18)22-25-20(26-29-22)12-17-8-10-19(23)11-9-17/h3-11,16H,12-15H2,1-2H3,(H,24,28). The maximum Gasteiger partial charge on any atom is 0.239 e. The van der Waals surface area contributed by atoms with Gasteiger partial charge in [0.2, 0.25) is 11.0 Å². The number of carbonyl (C=O) groups excluding carboxylic acids is 1. The van der Waals surface area contributed by atoms with Gasteiger partial charge in [-0.15, -0.1) is 0 Å². The minimum Gasteiger partial charge on any atom is -0.354 e. The highest BCUT2D eigenvalue weighted by molar-refractivity contribution is 7.09. The van der Waals surface area contributed by atoms with Crippen molar-refractivity contribution >= 4 is 22.6 Å². The van der Waals surface area contributed by atoms with Crippen LogP contribution in [0.2, 0.25) is 0 Å². The molecule has 2 aromatic carbocycles. The summed E-state index contributed by atoms with van der Waals surface area (Å²) in [4.78, 5) is 19.0. The topological polar surface area (TPSA) is 58.1 Å². The van der Waals surface area contributed by atoms with Crippen molar-refractivity contribution < 1.29 is 9.18 Å². The van der Waals surface area contributed by atoms with Gasteiger partial charge < -0.3 is 10.2 Å². The second-order valence-corrected chi connectivity index (χ2v) is 8.07. The molecule has 0 radical (unpaired) electrons. The SMILES string of the molecule is CC(C)CNC(=O)CN(Cc1ccccc1)c1nc(Cc2ccc(F)cc2)ns1. The molecule has 0 atom stereocenters. The third-order valence-corrected chi connectivity index (χ3v) is 5.08. The second-order valence-electron chi connectivity index (χ2n) is 7.34. The molecule has 1 amide bonds. The largest absolute Gasteiger partial charge is 0.354 e. The van der Waals surface area contributed by atoms with Gasteiger partial charge in [0.25, 0.3) is 0 Å². The summed E-state index contributed by atoms with van der Waals surface area (Å²) in [5.41, 5.74) is 2.04. The molecule has 1 aromatic heterocycles. The average Bonchev–Trinajstić information content (AvgIpc) is 3.17. The van der Waals surface area contributed by atoms with Gasteiger partial charge in [-0.05, 0) is 29.2 Å². The molecule has 0 saturated carbocycles. The van der Waals surface area contributed by atoms with Crippen LogP contribution in [0, 0.1) is 11.7 Å². The van der Waals surface area contributed by atoms with Crippen molar-refractivity contribution in [1.29, 1.82) is 0 Å². The summed E-state index contributed by atoms with van der Waals surface area (Å²) in [5.74, 6) is 0.759. The number of carbonyl (C=O) groups is 1. The highest BCUT2D eigenvalue weighted by atomic mass is 32.1. The quantitative estimate of drug-likeness (QED) is 0.576. The molecule has 0 aliphatic rings. The number of amides is 1. The summed E-state index contributed by atoms with van der Waals surface area (Å²) < 4.78 is 17.5. The Bertz CT molecular complexity index is 912. The lowest BCUT2D eigenvalue weighted by atomic mass is 10.1. The Morgan fingerprint density at radius 2 is 1.83 bits per heavy atom. The molecule has 0 aliphatic carbocycles. The van der Waals surface area contributed by atoms with E-state index < -0.39 is 0 Å². The van der Waals surface area contributed by atoms with Crippen LogP contribution in [-0.2, 0) is 17.8 Å². The van der Waals surface area contributed by atoms with Crippen LogP contribution in [-0.4, -0.2) is 28.4 Å². The fraction of sp³-hybridized carbons (Fsp3) is 0.318. The van der Waals surface area contributed by atoms with Crippen LogP contribution in [0.3, 0.4) is 0 Å². The number of halogens is 1. The zero-order valence-electron chi connectivity index (χ0n) is 16.6. The molecule has 3 aromatic rings. The number of nitrogens with one attached hydrogen (secondary N) is 1. The number of anilines is 1. The van der Waals surface area contributed by atoms with E-state index in [9.17, 15) is 9.18 Å². The van der Waals surface area contributed by atoms with Crippen LogP contribution in [0.5, 0.6) is 0 Å². The van der Waals surface area contributed by atoms with E-state index in [0.717, 1.165) is 11.1 Å². The zero-order valence-corrected chi connectivity index (χ0v) is 17.5. The molecule has 1 N–H and O–H groups in total. The maximum absolute atomic E-state index is 13.1. The van der Waals surface area contributed by atoms with Gasteiger partial charge in [0, 0.05) is 31.0 Å². The fourth-order valence-corrected chi connectivity index (χ4v) is 3.46. The van der Waals surface area contributed by atoms with Crippen LogP contribution in [0.4, 0.5) is 9.52 Å². The molecule has 0 aliphatic heterocycles. The first-order valence-electron chi connectivity index (χ1n) is 9.62. The van der Waals surface area contributed by atoms with Gasteiger partial charge in [-0.1, -0.05) is 56.3 Å². The zero-order chi connectivity index (χ0) is 20.6. The molecule has 29 heavy (non-hydrogen) atoms. The van der Waals surface area contributed by atoms with Crippen molar-refractivity contribution in [2.24, 2.45) is 5.92 Å². The van der Waals surface area contributed by atoms with Crippen molar-refractivity contribution in [2.45, 2.75) is 26.8 Å². The van der Waals surface area contributed by atoms with E-state index in [1.54, 1.807) is 12.1 Å². The van der Waals surface area contributed by atoms with E-state index in [0.29, 0.717) is 36.4 Å². The third kappa shape index (κ3) is 6.64. The van der Waals surface area contributed by atoms with Gasteiger partial charge in [-0.25, -0.2) is 9.37 Å². The highest BCUT2D eigenvalue weighted by Gasteiger charge is 2.17. The first-order valence-corrected chi connectivity index (χ1v) is 10.4. The van der Waals surface area contributed by atoms with Gasteiger partial charge >= 0.3 is 0 Å². The molecule has 0 spiro atoms. The smallest absolute Gasteiger partial charge is 0.239 e. The number of rotatable bonds is 9. The normalized spacial score (nSPS) is 10.9. The van der Waals surface area contributed by atoms with Crippen molar-refractivity contribution in [2.75, 3.05) is 18.0 Å². The van der Waals surface area contributed by atoms with Crippen LogP contribution in [0.15, 0.2) is 54.6 Å². The second kappa shape index (κ2) is 10.1. The summed E-state index contributed by atoms with van der Waals surface area (Å²) in [6.45, 7) is 5.56. The van der Waals surface area contributed by atoms with E-state index in [1.807, 2.05) is 35.2 Å². The summed E-state index contributed by atoms with van der Waals surface area (Å²) >= 11 is 1.28. The monoisotopic (exact) mass is 412 g/mol. The van der Waals surface area contributed by atoms with Gasteiger partial charge in [0.1, 0.15) is 11.6 Å². The van der Waals surface area contributed by atoms with Crippen LogP contribution < -0.4 is 10.2 Å².